The third kappa shape index (κ3) is 3.25. The van der Waals surface area contributed by atoms with E-state index in [2.05, 4.69) is 33.0 Å². The Morgan fingerprint density at radius 2 is 1.30 bits per heavy atom. The van der Waals surface area contributed by atoms with Crippen molar-refractivity contribution in [3.05, 3.63) is 55.9 Å². The molecule has 2 nitrogen and oxygen atoms in total. The van der Waals surface area contributed by atoms with Crippen molar-refractivity contribution in [2.24, 2.45) is 0 Å². The minimum Gasteiger partial charge on any atom is -0.298 e. The third-order valence-electron chi connectivity index (χ3n) is 4.12. The first kappa shape index (κ1) is 16.4. The molecule has 3 rings (SSSR count). The van der Waals surface area contributed by atoms with Gasteiger partial charge in [-0.25, -0.2) is 0 Å². The minimum absolute atomic E-state index is 0.139. The number of hydrogen-bond acceptors (Lipinski definition) is 4. The highest BCUT2D eigenvalue weighted by Crippen LogP contribution is 2.37. The highest BCUT2D eigenvalue weighted by Gasteiger charge is 2.44. The van der Waals surface area contributed by atoms with Crippen molar-refractivity contribution < 1.29 is 4.79 Å². The van der Waals surface area contributed by atoms with Crippen LogP contribution >= 0.6 is 22.7 Å². The standard InChI is InChI=1S/C19H21NOS2/c1-18(2)15(11-13-7-5-9-22-13)17(21)16(19(3,4)20-18)12-14-8-6-10-23-14/h5-12,20H,1-4H3/b15-11-,16-12+. The van der Waals surface area contributed by atoms with Gasteiger partial charge >= 0.3 is 0 Å². The summed E-state index contributed by atoms with van der Waals surface area (Å²) in [5.74, 6) is 0.139. The molecule has 0 saturated carbocycles. The highest BCUT2D eigenvalue weighted by atomic mass is 32.1. The lowest BCUT2D eigenvalue weighted by atomic mass is 9.74. The molecule has 0 bridgehead atoms. The Kier molecular flexibility index (Phi) is 4.17. The number of Topliss-reactive ketones (excluding diaryl/α,β-unsaturated/α-hetero) is 1. The molecule has 1 N–H and O–H groups in total. The Hall–Kier alpha value is -1.49. The van der Waals surface area contributed by atoms with Gasteiger partial charge in [0.05, 0.1) is 0 Å². The number of piperidine rings is 1. The molecule has 0 spiro atoms. The summed E-state index contributed by atoms with van der Waals surface area (Å²) in [6.07, 6.45) is 4.05. The second-order valence-electron chi connectivity index (χ2n) is 6.85. The number of thiophene rings is 2. The number of hydrogen-bond donors (Lipinski definition) is 1. The van der Waals surface area contributed by atoms with Gasteiger partial charge in [0, 0.05) is 32.0 Å². The lowest BCUT2D eigenvalue weighted by Gasteiger charge is -2.45. The molecular weight excluding hydrogens is 322 g/mol. The molecule has 3 heterocycles. The molecule has 2 aromatic heterocycles. The molecule has 0 aliphatic carbocycles. The fourth-order valence-corrected chi connectivity index (χ4v) is 4.47. The third-order valence-corrected chi connectivity index (χ3v) is 5.76. The molecular formula is C19H21NOS2. The van der Waals surface area contributed by atoms with Crippen molar-refractivity contribution in [2.75, 3.05) is 0 Å². The van der Waals surface area contributed by atoms with E-state index in [0.29, 0.717) is 0 Å². The van der Waals surface area contributed by atoms with Crippen molar-refractivity contribution in [3.63, 3.8) is 0 Å². The van der Waals surface area contributed by atoms with E-state index in [1.807, 2.05) is 47.2 Å². The lowest BCUT2D eigenvalue weighted by Crippen LogP contribution is -2.60. The van der Waals surface area contributed by atoms with Gasteiger partial charge in [-0.15, -0.1) is 22.7 Å². The van der Waals surface area contributed by atoms with E-state index in [4.69, 9.17) is 0 Å². The van der Waals surface area contributed by atoms with Crippen LogP contribution in [-0.2, 0) is 4.79 Å². The van der Waals surface area contributed by atoms with Crippen LogP contribution in [0.3, 0.4) is 0 Å². The Balaban J connectivity index is 2.09. The van der Waals surface area contributed by atoms with Crippen molar-refractivity contribution in [1.29, 1.82) is 0 Å². The number of carbonyl (C=O) groups excluding carboxylic acids is 1. The second-order valence-corrected chi connectivity index (χ2v) is 8.81. The van der Waals surface area contributed by atoms with E-state index in [9.17, 15) is 4.79 Å². The number of rotatable bonds is 2. The first-order valence-corrected chi connectivity index (χ1v) is 9.41. The topological polar surface area (TPSA) is 29.1 Å². The van der Waals surface area contributed by atoms with Crippen molar-refractivity contribution in [2.45, 2.75) is 38.8 Å². The van der Waals surface area contributed by atoms with Crippen LogP contribution in [0.1, 0.15) is 37.4 Å². The smallest absolute Gasteiger partial charge is 0.188 e. The van der Waals surface area contributed by atoms with Crippen molar-refractivity contribution in [1.82, 2.24) is 5.32 Å². The number of carbonyl (C=O) groups is 1. The molecule has 0 aromatic carbocycles. The molecule has 1 fully saturated rings. The molecule has 120 valence electrons. The monoisotopic (exact) mass is 343 g/mol. The van der Waals surface area contributed by atoms with E-state index >= 15 is 0 Å². The van der Waals surface area contributed by atoms with Gasteiger partial charge in [-0.1, -0.05) is 12.1 Å². The number of nitrogens with one attached hydrogen (secondary N) is 1. The number of ketones is 1. The zero-order valence-electron chi connectivity index (χ0n) is 13.8. The molecule has 0 atom stereocenters. The van der Waals surface area contributed by atoms with Gasteiger partial charge in [0.1, 0.15) is 0 Å². The van der Waals surface area contributed by atoms with Gasteiger partial charge in [-0.2, -0.15) is 0 Å². The van der Waals surface area contributed by atoms with Gasteiger partial charge in [0.15, 0.2) is 5.78 Å². The Labute approximate surface area is 145 Å². The van der Waals surface area contributed by atoms with Crippen LogP contribution in [0.2, 0.25) is 0 Å². The average Bonchev–Trinajstić information content (AvgIpc) is 3.12. The van der Waals surface area contributed by atoms with Gasteiger partial charge in [-0.3, -0.25) is 10.1 Å². The van der Waals surface area contributed by atoms with E-state index in [1.54, 1.807) is 22.7 Å². The van der Waals surface area contributed by atoms with Gasteiger partial charge in [-0.05, 0) is 62.7 Å². The molecule has 0 amide bonds. The quantitative estimate of drug-likeness (QED) is 0.777. The normalized spacial score (nSPS) is 23.6. The fourth-order valence-electron chi connectivity index (χ4n) is 3.15. The average molecular weight is 344 g/mol. The second kappa shape index (κ2) is 5.86. The van der Waals surface area contributed by atoms with E-state index in [1.165, 1.54) is 0 Å². The van der Waals surface area contributed by atoms with Crippen LogP contribution in [0.15, 0.2) is 46.2 Å². The summed E-state index contributed by atoms with van der Waals surface area (Å²) in [7, 11) is 0. The summed E-state index contributed by atoms with van der Waals surface area (Å²) in [5, 5.41) is 7.71. The predicted molar refractivity (Wildman–Crippen MR) is 101 cm³/mol. The zero-order valence-corrected chi connectivity index (χ0v) is 15.5. The molecule has 1 aliphatic rings. The van der Waals surface area contributed by atoms with Gasteiger partial charge in [0.2, 0.25) is 0 Å². The molecule has 1 aliphatic heterocycles. The molecule has 23 heavy (non-hydrogen) atoms. The molecule has 0 radical (unpaired) electrons. The zero-order chi connectivity index (χ0) is 16.7. The summed E-state index contributed by atoms with van der Waals surface area (Å²) in [6.45, 7) is 8.31. The predicted octanol–water partition coefficient (Wildman–Crippen LogP) is 5.01. The van der Waals surface area contributed by atoms with Crippen LogP contribution in [0.4, 0.5) is 0 Å². The van der Waals surface area contributed by atoms with E-state index < -0.39 is 0 Å². The van der Waals surface area contributed by atoms with Gasteiger partial charge < -0.3 is 0 Å². The molecule has 0 unspecified atom stereocenters. The minimum atomic E-state index is -0.364. The maximum atomic E-state index is 13.2. The maximum absolute atomic E-state index is 13.2. The molecule has 2 aromatic rings. The fraction of sp³-hybridized carbons (Fsp3) is 0.316. The first-order chi connectivity index (χ1) is 10.8. The Bertz CT molecular complexity index is 698. The van der Waals surface area contributed by atoms with Crippen LogP contribution in [0.25, 0.3) is 12.2 Å². The summed E-state index contributed by atoms with van der Waals surface area (Å²) < 4.78 is 0. The van der Waals surface area contributed by atoms with Crippen molar-refractivity contribution >= 4 is 40.6 Å². The van der Waals surface area contributed by atoms with Crippen molar-refractivity contribution in [3.8, 4) is 0 Å². The largest absolute Gasteiger partial charge is 0.298 e. The first-order valence-electron chi connectivity index (χ1n) is 7.65. The summed E-state index contributed by atoms with van der Waals surface area (Å²) in [4.78, 5) is 15.5. The van der Waals surface area contributed by atoms with Crippen LogP contribution < -0.4 is 5.32 Å². The van der Waals surface area contributed by atoms with E-state index in [0.717, 1.165) is 20.9 Å². The van der Waals surface area contributed by atoms with Crippen LogP contribution in [-0.4, -0.2) is 16.9 Å². The maximum Gasteiger partial charge on any atom is 0.188 e. The SMILES string of the molecule is CC1(C)NC(C)(C)/C(=C\c2cccs2)C(=O)/C1=C\c1cccs1. The van der Waals surface area contributed by atoms with Crippen LogP contribution in [0.5, 0.6) is 0 Å². The van der Waals surface area contributed by atoms with Gasteiger partial charge in [0.25, 0.3) is 0 Å². The summed E-state index contributed by atoms with van der Waals surface area (Å²) in [5.41, 5.74) is 0.915. The summed E-state index contributed by atoms with van der Waals surface area (Å²) in [6, 6.07) is 8.11. The van der Waals surface area contributed by atoms with E-state index in [-0.39, 0.29) is 16.9 Å². The highest BCUT2D eigenvalue weighted by molar-refractivity contribution is 7.11. The molecule has 1 saturated heterocycles. The Morgan fingerprint density at radius 3 is 1.65 bits per heavy atom. The Morgan fingerprint density at radius 1 is 0.870 bits per heavy atom. The summed E-state index contributed by atoms with van der Waals surface area (Å²) >= 11 is 3.30. The lowest BCUT2D eigenvalue weighted by molar-refractivity contribution is -0.114. The van der Waals surface area contributed by atoms with Crippen LogP contribution in [0, 0.1) is 0 Å². The molecule has 4 heteroatoms.